The van der Waals surface area contributed by atoms with E-state index in [0.717, 1.165) is 0 Å². The molecule has 1 atom stereocenters. The van der Waals surface area contributed by atoms with Crippen molar-refractivity contribution >= 4 is 11.8 Å². The number of hydrazine groups is 1. The molecule has 0 bridgehead atoms. The van der Waals surface area contributed by atoms with Gasteiger partial charge in [0, 0.05) is 13.1 Å². The molecule has 1 fully saturated rings. The van der Waals surface area contributed by atoms with Crippen molar-refractivity contribution in [3.63, 3.8) is 0 Å². The summed E-state index contributed by atoms with van der Waals surface area (Å²) in [6.45, 7) is -0.0167. The molecule has 1 aliphatic rings. The van der Waals surface area contributed by atoms with Gasteiger partial charge in [-0.3, -0.25) is 15.0 Å². The molecule has 0 saturated carbocycles. The number of aliphatic hydroxyl groups excluding tert-OH is 2. The Hall–Kier alpha value is -1.18. The standard InChI is InChI=1S/C8H15N3O4/c12-3-1-11(2-4-13)8(15)6-5-7(14)10-9-6/h6,9,12-13H,1-5H2,(H,10,14). The van der Waals surface area contributed by atoms with Gasteiger partial charge >= 0.3 is 0 Å². The van der Waals surface area contributed by atoms with E-state index < -0.39 is 6.04 Å². The minimum Gasteiger partial charge on any atom is -0.395 e. The summed E-state index contributed by atoms with van der Waals surface area (Å²) in [6, 6.07) is -0.601. The fourth-order valence-electron chi connectivity index (χ4n) is 1.40. The van der Waals surface area contributed by atoms with Crippen LogP contribution in [0.3, 0.4) is 0 Å². The van der Waals surface area contributed by atoms with E-state index in [0.29, 0.717) is 0 Å². The van der Waals surface area contributed by atoms with Gasteiger partial charge in [0.2, 0.25) is 11.8 Å². The Balaban J connectivity index is 2.51. The molecule has 0 spiro atoms. The topological polar surface area (TPSA) is 102 Å². The van der Waals surface area contributed by atoms with Gasteiger partial charge in [0.1, 0.15) is 6.04 Å². The average Bonchev–Trinajstić information content (AvgIpc) is 2.63. The van der Waals surface area contributed by atoms with Crippen molar-refractivity contribution in [3.8, 4) is 0 Å². The highest BCUT2D eigenvalue weighted by Gasteiger charge is 2.30. The summed E-state index contributed by atoms with van der Waals surface area (Å²) in [7, 11) is 0. The van der Waals surface area contributed by atoms with E-state index in [1.165, 1.54) is 4.90 Å². The maximum absolute atomic E-state index is 11.7. The van der Waals surface area contributed by atoms with Gasteiger partial charge in [-0.25, -0.2) is 5.43 Å². The lowest BCUT2D eigenvalue weighted by molar-refractivity contribution is -0.134. The monoisotopic (exact) mass is 217 g/mol. The Kier molecular flexibility index (Phi) is 4.47. The molecule has 1 heterocycles. The predicted molar refractivity (Wildman–Crippen MR) is 50.4 cm³/mol. The number of amides is 2. The maximum Gasteiger partial charge on any atom is 0.242 e. The Bertz CT molecular complexity index is 240. The van der Waals surface area contributed by atoms with E-state index in [4.69, 9.17) is 10.2 Å². The van der Waals surface area contributed by atoms with Gasteiger partial charge < -0.3 is 15.1 Å². The number of rotatable bonds is 5. The Labute approximate surface area is 87.0 Å². The first-order valence-electron chi connectivity index (χ1n) is 4.74. The van der Waals surface area contributed by atoms with Crippen LogP contribution in [0.15, 0.2) is 0 Å². The van der Waals surface area contributed by atoms with Crippen LogP contribution in [-0.2, 0) is 9.59 Å². The number of hydrogen-bond donors (Lipinski definition) is 4. The SMILES string of the molecule is O=C1CC(C(=O)N(CCO)CCO)NN1. The lowest BCUT2D eigenvalue weighted by Crippen LogP contribution is -2.47. The van der Waals surface area contributed by atoms with E-state index >= 15 is 0 Å². The van der Waals surface area contributed by atoms with Crippen molar-refractivity contribution in [1.82, 2.24) is 15.8 Å². The molecule has 0 aromatic heterocycles. The number of hydrogen-bond acceptors (Lipinski definition) is 5. The summed E-state index contributed by atoms with van der Waals surface area (Å²) in [6.07, 6.45) is 0.0895. The van der Waals surface area contributed by atoms with Crippen LogP contribution < -0.4 is 10.9 Å². The molecule has 1 aliphatic heterocycles. The van der Waals surface area contributed by atoms with Crippen LogP contribution in [0.1, 0.15) is 6.42 Å². The smallest absolute Gasteiger partial charge is 0.242 e. The van der Waals surface area contributed by atoms with Crippen LogP contribution in [0.5, 0.6) is 0 Å². The molecule has 1 rings (SSSR count). The molecular weight excluding hydrogens is 202 g/mol. The van der Waals surface area contributed by atoms with E-state index in [9.17, 15) is 9.59 Å². The minimum atomic E-state index is -0.601. The Morgan fingerprint density at radius 1 is 1.40 bits per heavy atom. The first-order chi connectivity index (χ1) is 7.19. The Morgan fingerprint density at radius 2 is 2.00 bits per heavy atom. The molecule has 15 heavy (non-hydrogen) atoms. The van der Waals surface area contributed by atoms with Crippen LogP contribution in [0, 0.1) is 0 Å². The van der Waals surface area contributed by atoms with Crippen LogP contribution in [0.2, 0.25) is 0 Å². The highest BCUT2D eigenvalue weighted by molar-refractivity contribution is 5.90. The molecule has 7 heteroatoms. The van der Waals surface area contributed by atoms with Gasteiger partial charge in [-0.1, -0.05) is 0 Å². The first-order valence-corrected chi connectivity index (χ1v) is 4.74. The number of carbonyl (C=O) groups excluding carboxylic acids is 2. The largest absolute Gasteiger partial charge is 0.395 e. The predicted octanol–water partition coefficient (Wildman–Crippen LogP) is -2.81. The zero-order chi connectivity index (χ0) is 11.3. The molecule has 0 radical (unpaired) electrons. The van der Waals surface area contributed by atoms with Crippen molar-refractivity contribution in [1.29, 1.82) is 0 Å². The van der Waals surface area contributed by atoms with Crippen molar-refractivity contribution in [2.75, 3.05) is 26.3 Å². The highest BCUT2D eigenvalue weighted by Crippen LogP contribution is 2.03. The second-order valence-corrected chi connectivity index (χ2v) is 3.22. The van der Waals surface area contributed by atoms with Crippen LogP contribution >= 0.6 is 0 Å². The summed E-state index contributed by atoms with van der Waals surface area (Å²) in [5, 5.41) is 17.5. The summed E-state index contributed by atoms with van der Waals surface area (Å²) < 4.78 is 0. The molecule has 4 N–H and O–H groups in total. The fraction of sp³-hybridized carbons (Fsp3) is 0.750. The van der Waals surface area contributed by atoms with Crippen LogP contribution in [0.4, 0.5) is 0 Å². The second kappa shape index (κ2) is 5.64. The van der Waals surface area contributed by atoms with E-state index in [1.807, 2.05) is 0 Å². The van der Waals surface area contributed by atoms with E-state index in [-0.39, 0.29) is 44.5 Å². The third-order valence-corrected chi connectivity index (χ3v) is 2.12. The quantitative estimate of drug-likeness (QED) is 0.398. The first kappa shape index (κ1) is 11.9. The lowest BCUT2D eigenvalue weighted by atomic mass is 10.2. The molecule has 7 nitrogen and oxygen atoms in total. The molecule has 1 saturated heterocycles. The molecule has 2 amide bonds. The maximum atomic E-state index is 11.7. The van der Waals surface area contributed by atoms with Crippen molar-refractivity contribution in [2.24, 2.45) is 0 Å². The van der Waals surface area contributed by atoms with Gasteiger partial charge in [0.25, 0.3) is 0 Å². The number of aliphatic hydroxyl groups is 2. The van der Waals surface area contributed by atoms with Crippen LogP contribution in [-0.4, -0.2) is 59.3 Å². The molecule has 0 aromatic carbocycles. The third-order valence-electron chi connectivity index (χ3n) is 2.12. The van der Waals surface area contributed by atoms with Gasteiger partial charge in [0.15, 0.2) is 0 Å². The van der Waals surface area contributed by atoms with Crippen molar-refractivity contribution < 1.29 is 19.8 Å². The zero-order valence-electron chi connectivity index (χ0n) is 8.27. The normalized spacial score (nSPS) is 20.1. The third kappa shape index (κ3) is 3.15. The summed E-state index contributed by atoms with van der Waals surface area (Å²) in [5.41, 5.74) is 4.88. The molecule has 1 unspecified atom stereocenters. The molecule has 0 aromatic rings. The number of nitrogens with one attached hydrogen (secondary N) is 2. The van der Waals surface area contributed by atoms with Gasteiger partial charge in [-0.15, -0.1) is 0 Å². The van der Waals surface area contributed by atoms with E-state index in [1.54, 1.807) is 0 Å². The second-order valence-electron chi connectivity index (χ2n) is 3.22. The number of nitrogens with zero attached hydrogens (tertiary/aromatic N) is 1. The van der Waals surface area contributed by atoms with Gasteiger partial charge in [-0.05, 0) is 0 Å². The Morgan fingerprint density at radius 3 is 2.40 bits per heavy atom. The summed E-state index contributed by atoms with van der Waals surface area (Å²) in [5.74, 6) is -0.530. The molecule has 86 valence electrons. The lowest BCUT2D eigenvalue weighted by Gasteiger charge is -2.23. The van der Waals surface area contributed by atoms with Crippen molar-refractivity contribution in [2.45, 2.75) is 12.5 Å². The highest BCUT2D eigenvalue weighted by atomic mass is 16.3. The average molecular weight is 217 g/mol. The molecule has 0 aliphatic carbocycles. The van der Waals surface area contributed by atoms with Gasteiger partial charge in [0.05, 0.1) is 19.6 Å². The van der Waals surface area contributed by atoms with E-state index in [2.05, 4.69) is 10.9 Å². The van der Waals surface area contributed by atoms with Gasteiger partial charge in [-0.2, -0.15) is 0 Å². The number of carbonyl (C=O) groups is 2. The fourth-order valence-corrected chi connectivity index (χ4v) is 1.40. The summed E-state index contributed by atoms with van der Waals surface area (Å²) in [4.78, 5) is 23.9. The zero-order valence-corrected chi connectivity index (χ0v) is 8.27. The van der Waals surface area contributed by atoms with Crippen LogP contribution in [0.25, 0.3) is 0 Å². The minimum absolute atomic E-state index is 0.0895. The molecular formula is C8H15N3O4. The summed E-state index contributed by atoms with van der Waals surface area (Å²) >= 11 is 0. The van der Waals surface area contributed by atoms with Crippen molar-refractivity contribution in [3.05, 3.63) is 0 Å².